The first-order valence-corrected chi connectivity index (χ1v) is 7.80. The fourth-order valence-corrected chi connectivity index (χ4v) is 2.75. The lowest BCUT2D eigenvalue weighted by atomic mass is 9.98. The maximum absolute atomic E-state index is 12.1. The van der Waals surface area contributed by atoms with Gasteiger partial charge in [0.2, 0.25) is 10.0 Å². The fraction of sp³-hybridized carbons (Fsp3) is 0.538. The molecule has 0 spiro atoms. The zero-order chi connectivity index (χ0) is 14.7. The Labute approximate surface area is 114 Å². The van der Waals surface area contributed by atoms with Crippen LogP contribution in [-0.2, 0) is 10.0 Å². The molecular formula is C13H22N2O3S. The van der Waals surface area contributed by atoms with Crippen molar-refractivity contribution in [2.75, 3.05) is 12.3 Å². The van der Waals surface area contributed by atoms with Crippen LogP contribution < -0.4 is 10.5 Å². The molecule has 19 heavy (non-hydrogen) atoms. The second-order valence-electron chi connectivity index (χ2n) is 4.77. The van der Waals surface area contributed by atoms with Crippen LogP contribution in [0.2, 0.25) is 0 Å². The van der Waals surface area contributed by atoms with Crippen LogP contribution in [0.25, 0.3) is 0 Å². The summed E-state index contributed by atoms with van der Waals surface area (Å²) < 4.78 is 26.6. The standard InChI is InChI=1S/C13H22N2O3S/c1-4-13(16,5-2)9-15-19(17,18)11-7-6-10(3)12(14)8-11/h6-8,15-16H,4-5,9,14H2,1-3H3. The molecule has 0 amide bonds. The zero-order valence-corrected chi connectivity index (χ0v) is 12.4. The first-order valence-electron chi connectivity index (χ1n) is 6.32. The summed E-state index contributed by atoms with van der Waals surface area (Å²) in [6.07, 6.45) is 0.976. The Morgan fingerprint density at radius 2 is 1.89 bits per heavy atom. The number of nitrogens with one attached hydrogen (secondary N) is 1. The molecule has 0 aliphatic rings. The van der Waals surface area contributed by atoms with Crippen molar-refractivity contribution < 1.29 is 13.5 Å². The molecule has 0 radical (unpaired) electrons. The quantitative estimate of drug-likeness (QED) is 0.689. The largest absolute Gasteiger partial charge is 0.398 e. The number of aryl methyl sites for hydroxylation is 1. The van der Waals surface area contributed by atoms with E-state index in [0.717, 1.165) is 5.56 Å². The summed E-state index contributed by atoms with van der Waals surface area (Å²) in [5, 5.41) is 10.1. The van der Waals surface area contributed by atoms with Crippen molar-refractivity contribution in [3.63, 3.8) is 0 Å². The molecule has 0 fully saturated rings. The Bertz CT molecular complexity index is 537. The summed E-state index contributed by atoms with van der Waals surface area (Å²) in [6, 6.07) is 4.59. The van der Waals surface area contributed by atoms with Crippen LogP contribution in [0.3, 0.4) is 0 Å². The van der Waals surface area contributed by atoms with Crippen LogP contribution in [0.4, 0.5) is 5.69 Å². The molecule has 1 rings (SSSR count). The van der Waals surface area contributed by atoms with Gasteiger partial charge in [-0.25, -0.2) is 13.1 Å². The van der Waals surface area contributed by atoms with Gasteiger partial charge in [-0.1, -0.05) is 19.9 Å². The molecule has 0 bridgehead atoms. The van der Waals surface area contributed by atoms with Gasteiger partial charge in [0.25, 0.3) is 0 Å². The van der Waals surface area contributed by atoms with Gasteiger partial charge in [-0.2, -0.15) is 0 Å². The average molecular weight is 286 g/mol. The van der Waals surface area contributed by atoms with E-state index in [4.69, 9.17) is 5.73 Å². The van der Waals surface area contributed by atoms with E-state index >= 15 is 0 Å². The molecule has 0 heterocycles. The molecule has 0 aromatic heterocycles. The highest BCUT2D eigenvalue weighted by Crippen LogP contribution is 2.18. The van der Waals surface area contributed by atoms with Gasteiger partial charge in [-0.05, 0) is 37.5 Å². The van der Waals surface area contributed by atoms with E-state index in [9.17, 15) is 13.5 Å². The maximum atomic E-state index is 12.1. The molecule has 6 heteroatoms. The normalized spacial score (nSPS) is 12.6. The second-order valence-corrected chi connectivity index (χ2v) is 6.54. The predicted molar refractivity (Wildman–Crippen MR) is 76.3 cm³/mol. The minimum Gasteiger partial charge on any atom is -0.398 e. The lowest BCUT2D eigenvalue weighted by molar-refractivity contribution is 0.0377. The molecule has 0 unspecified atom stereocenters. The van der Waals surface area contributed by atoms with Gasteiger partial charge in [0.05, 0.1) is 10.5 Å². The second kappa shape index (κ2) is 5.90. The van der Waals surface area contributed by atoms with Gasteiger partial charge in [-0.15, -0.1) is 0 Å². The lowest BCUT2D eigenvalue weighted by Gasteiger charge is -2.25. The summed E-state index contributed by atoms with van der Waals surface area (Å²) in [5.41, 5.74) is 5.96. The number of nitrogens with two attached hydrogens (primary N) is 1. The van der Waals surface area contributed by atoms with Gasteiger partial charge < -0.3 is 10.8 Å². The SMILES string of the molecule is CCC(O)(CC)CNS(=O)(=O)c1ccc(C)c(N)c1. The van der Waals surface area contributed by atoms with Crippen LogP contribution in [0, 0.1) is 6.92 Å². The van der Waals surface area contributed by atoms with E-state index in [1.54, 1.807) is 6.07 Å². The number of hydrogen-bond donors (Lipinski definition) is 3. The first kappa shape index (κ1) is 15.9. The minimum atomic E-state index is -3.64. The van der Waals surface area contributed by atoms with Crippen molar-refractivity contribution in [2.24, 2.45) is 0 Å². The van der Waals surface area contributed by atoms with E-state index in [1.807, 2.05) is 20.8 Å². The number of anilines is 1. The third kappa shape index (κ3) is 3.92. The summed E-state index contributed by atoms with van der Waals surface area (Å²) in [4.78, 5) is 0.116. The molecule has 0 saturated carbocycles. The van der Waals surface area contributed by atoms with Crippen LogP contribution in [-0.4, -0.2) is 25.7 Å². The van der Waals surface area contributed by atoms with Gasteiger partial charge in [0.1, 0.15) is 0 Å². The Kier molecular flexibility index (Phi) is 4.95. The fourth-order valence-electron chi connectivity index (χ4n) is 1.60. The summed E-state index contributed by atoms with van der Waals surface area (Å²) in [6.45, 7) is 5.45. The smallest absolute Gasteiger partial charge is 0.240 e. The number of rotatable bonds is 6. The van der Waals surface area contributed by atoms with E-state index < -0.39 is 15.6 Å². The van der Waals surface area contributed by atoms with Crippen molar-refractivity contribution in [2.45, 2.75) is 44.1 Å². The molecule has 0 aliphatic carbocycles. The molecule has 0 aliphatic heterocycles. The van der Waals surface area contributed by atoms with Crippen molar-refractivity contribution in [3.8, 4) is 0 Å². The van der Waals surface area contributed by atoms with E-state index in [0.29, 0.717) is 18.5 Å². The monoisotopic (exact) mass is 286 g/mol. The molecule has 0 atom stereocenters. The number of benzene rings is 1. The van der Waals surface area contributed by atoms with E-state index in [2.05, 4.69) is 4.72 Å². The highest BCUT2D eigenvalue weighted by Gasteiger charge is 2.25. The van der Waals surface area contributed by atoms with Crippen LogP contribution in [0.1, 0.15) is 32.3 Å². The van der Waals surface area contributed by atoms with Crippen molar-refractivity contribution in [3.05, 3.63) is 23.8 Å². The third-order valence-corrected chi connectivity index (χ3v) is 4.87. The molecule has 4 N–H and O–H groups in total. The van der Waals surface area contributed by atoms with Gasteiger partial charge in [-0.3, -0.25) is 0 Å². The predicted octanol–water partition coefficient (Wildman–Crippen LogP) is 1.41. The van der Waals surface area contributed by atoms with Gasteiger partial charge in [0, 0.05) is 12.2 Å². The summed E-state index contributed by atoms with van der Waals surface area (Å²) >= 11 is 0. The number of sulfonamides is 1. The molecular weight excluding hydrogens is 264 g/mol. The lowest BCUT2D eigenvalue weighted by Crippen LogP contribution is -2.41. The minimum absolute atomic E-state index is 0.00385. The molecule has 5 nitrogen and oxygen atoms in total. The number of nitrogen functional groups attached to an aromatic ring is 1. The van der Waals surface area contributed by atoms with E-state index in [-0.39, 0.29) is 11.4 Å². The number of hydrogen-bond acceptors (Lipinski definition) is 4. The highest BCUT2D eigenvalue weighted by atomic mass is 32.2. The summed E-state index contributed by atoms with van der Waals surface area (Å²) in [5.74, 6) is 0. The van der Waals surface area contributed by atoms with E-state index in [1.165, 1.54) is 12.1 Å². The molecule has 0 saturated heterocycles. The van der Waals surface area contributed by atoms with Crippen LogP contribution >= 0.6 is 0 Å². The topological polar surface area (TPSA) is 92.4 Å². The van der Waals surface area contributed by atoms with Crippen molar-refractivity contribution in [1.82, 2.24) is 4.72 Å². The summed E-state index contributed by atoms with van der Waals surface area (Å²) in [7, 11) is -3.64. The Morgan fingerprint density at radius 1 is 1.32 bits per heavy atom. The highest BCUT2D eigenvalue weighted by molar-refractivity contribution is 7.89. The molecule has 1 aromatic carbocycles. The van der Waals surface area contributed by atoms with Crippen molar-refractivity contribution >= 4 is 15.7 Å². The Balaban J connectivity index is 2.90. The maximum Gasteiger partial charge on any atom is 0.240 e. The molecule has 1 aromatic rings. The van der Waals surface area contributed by atoms with Gasteiger partial charge >= 0.3 is 0 Å². The Morgan fingerprint density at radius 3 is 2.37 bits per heavy atom. The van der Waals surface area contributed by atoms with Crippen LogP contribution in [0.15, 0.2) is 23.1 Å². The van der Waals surface area contributed by atoms with Crippen molar-refractivity contribution in [1.29, 1.82) is 0 Å². The number of aliphatic hydroxyl groups is 1. The van der Waals surface area contributed by atoms with Crippen LogP contribution in [0.5, 0.6) is 0 Å². The zero-order valence-electron chi connectivity index (χ0n) is 11.6. The third-order valence-electron chi connectivity index (χ3n) is 3.47. The Hall–Kier alpha value is -1.11. The van der Waals surface area contributed by atoms with Gasteiger partial charge in [0.15, 0.2) is 0 Å². The molecule has 108 valence electrons. The first-order chi connectivity index (χ1) is 8.74. The average Bonchev–Trinajstić information content (AvgIpc) is 2.39.